The number of fused-ring (bicyclic) bond motifs is 7. The molecule has 6 rings (SSSR count). The zero-order chi connectivity index (χ0) is 22.9. The van der Waals surface area contributed by atoms with Crippen molar-refractivity contribution in [2.24, 2.45) is 29.1 Å². The molecule has 2 aromatic carbocycles. The fraction of sp³-hybridized carbons (Fsp3) is 0.533. The fourth-order valence-corrected chi connectivity index (χ4v) is 7.33. The van der Waals surface area contributed by atoms with Crippen LogP contribution in [0.5, 0.6) is 0 Å². The normalized spacial score (nSPS) is 29.8. The zero-order valence-corrected chi connectivity index (χ0v) is 26.1. The van der Waals surface area contributed by atoms with E-state index in [0.717, 1.165) is 29.6 Å². The van der Waals surface area contributed by atoms with Crippen molar-refractivity contribution in [3.05, 3.63) is 82.8 Å². The molecule has 0 amide bonds. The van der Waals surface area contributed by atoms with Gasteiger partial charge in [0.25, 0.3) is 0 Å². The molecule has 0 aromatic heterocycles. The van der Waals surface area contributed by atoms with Gasteiger partial charge in [0, 0.05) is 0 Å². The average Bonchev–Trinajstić information content (AvgIpc) is 3.51. The molecule has 0 N–H and O–H groups in total. The standard InChI is InChI=1S/C25H33.C5H5.2ClH.Si.Zr/c1-15-13-21-19-11-7-8-12-20(19)24-18-10-6-5-9-17(18)14-22(24)23(21)16(2)25(15,3)4;1-2-4-5-3-1;;;;/h5-6,9-10,15,19-21,24H,7-8,11-14H2,1-4H3;1-5H;2*1H;;/q2*-1;;;;+2/p-2. The van der Waals surface area contributed by atoms with E-state index in [9.17, 15) is 0 Å². The molecule has 2 saturated carbocycles. The molecule has 2 aromatic rings. The second-order valence-electron chi connectivity index (χ2n) is 11.0. The van der Waals surface area contributed by atoms with Crippen LogP contribution in [0.15, 0.2) is 65.7 Å². The second-order valence-corrected chi connectivity index (χ2v) is 11.0. The van der Waals surface area contributed by atoms with Gasteiger partial charge in [0.05, 0.1) is 0 Å². The van der Waals surface area contributed by atoms with Crippen molar-refractivity contribution in [3.8, 4) is 0 Å². The van der Waals surface area contributed by atoms with Crippen LogP contribution in [0.1, 0.15) is 76.8 Å². The van der Waals surface area contributed by atoms with Crippen molar-refractivity contribution >= 4 is 6.88 Å². The van der Waals surface area contributed by atoms with E-state index in [1.807, 2.05) is 41.5 Å². The van der Waals surface area contributed by atoms with Crippen molar-refractivity contribution < 1.29 is 48.1 Å². The molecule has 0 nitrogen and oxygen atoms in total. The van der Waals surface area contributed by atoms with Crippen LogP contribution in [0.25, 0.3) is 0 Å². The van der Waals surface area contributed by atoms with Gasteiger partial charge in [-0.25, -0.2) is 29.2 Å². The quantitative estimate of drug-likeness (QED) is 0.325. The molecule has 4 aliphatic carbocycles. The number of hydrogen-bond acceptors (Lipinski definition) is 0. The van der Waals surface area contributed by atoms with Crippen LogP contribution < -0.4 is 24.8 Å². The Morgan fingerprint density at radius 1 is 0.971 bits per heavy atom. The van der Waals surface area contributed by atoms with Crippen molar-refractivity contribution in [1.29, 1.82) is 0 Å². The van der Waals surface area contributed by atoms with E-state index < -0.39 is 0 Å². The maximum atomic E-state index is 3.06. The van der Waals surface area contributed by atoms with Crippen LogP contribution in [0, 0.1) is 35.0 Å². The van der Waals surface area contributed by atoms with Crippen LogP contribution in [0.2, 0.25) is 0 Å². The molecule has 0 heterocycles. The first-order valence-corrected chi connectivity index (χ1v) is 16.8. The Bertz CT molecular complexity index is 918. The van der Waals surface area contributed by atoms with E-state index in [2.05, 4.69) is 58.8 Å². The molecule has 4 aliphatic rings. The Labute approximate surface area is 237 Å². The molecular weight excluding hydrogens is 551 g/mol. The molecule has 0 spiro atoms. The van der Waals surface area contributed by atoms with Crippen LogP contribution in [-0.2, 0) is 29.8 Å². The maximum Gasteiger partial charge on any atom is -0.172 e. The summed E-state index contributed by atoms with van der Waals surface area (Å²) in [5, 5.41) is 0. The molecular formula is C30H38Cl2SiZr-2. The largest absolute Gasteiger partial charge is 0.214 e. The zero-order valence-electron chi connectivity index (χ0n) is 21.1. The number of benzene rings is 1. The fourth-order valence-electron chi connectivity index (χ4n) is 7.33. The molecule has 182 valence electrons. The van der Waals surface area contributed by atoms with E-state index in [1.54, 1.807) is 17.0 Å². The molecule has 0 bridgehead atoms. The van der Waals surface area contributed by atoms with E-state index >= 15 is 0 Å². The molecule has 2 fully saturated rings. The Balaban J connectivity index is 0.000000400. The van der Waals surface area contributed by atoms with E-state index in [0.29, 0.717) is 5.41 Å². The smallest absolute Gasteiger partial charge is 0.172 e. The van der Waals surface area contributed by atoms with Crippen LogP contribution in [-0.4, -0.2) is 6.88 Å². The molecule has 2 radical (unpaired) electrons. The Hall–Kier alpha value is -0.140. The minimum atomic E-state index is 0. The third kappa shape index (κ3) is 5.41. The second kappa shape index (κ2) is 12.9. The third-order valence-corrected chi connectivity index (χ3v) is 9.45. The Kier molecular flexibility index (Phi) is 11.4. The van der Waals surface area contributed by atoms with Crippen LogP contribution in [0.4, 0.5) is 0 Å². The van der Waals surface area contributed by atoms with Gasteiger partial charge in [-0.2, -0.15) is 18.2 Å². The van der Waals surface area contributed by atoms with Gasteiger partial charge in [-0.15, -0.1) is 6.92 Å². The number of hydrogen-bond donors (Lipinski definition) is 0. The summed E-state index contributed by atoms with van der Waals surface area (Å²) in [6.07, 6.45) is 8.52. The minimum Gasteiger partial charge on any atom is -0.214 e. The average molecular weight is 589 g/mol. The molecule has 4 heteroatoms. The van der Waals surface area contributed by atoms with Crippen LogP contribution in [0.3, 0.4) is 0 Å². The van der Waals surface area contributed by atoms with Crippen molar-refractivity contribution in [1.82, 2.24) is 0 Å². The van der Waals surface area contributed by atoms with Gasteiger partial charge >= 0.3 is 30.2 Å². The predicted octanol–water partition coefficient (Wildman–Crippen LogP) is 1.75. The SMILES string of the molecule is C[C-]1C2=C3Cc4ccccc4C3C3CCCCC3C2CC(C)C1(C)C.[Cl-].[Cl-].[Si]=[Zr+2].c1cc[cH-]c1. The number of rotatable bonds is 0. The van der Waals surface area contributed by atoms with Gasteiger partial charge in [0.2, 0.25) is 0 Å². The van der Waals surface area contributed by atoms with Crippen LogP contribution >= 0.6 is 0 Å². The van der Waals surface area contributed by atoms with Gasteiger partial charge in [0.1, 0.15) is 0 Å². The first kappa shape index (κ1) is 30.1. The number of halogens is 2. The predicted molar refractivity (Wildman–Crippen MR) is 133 cm³/mol. The number of allylic oxidation sites excluding steroid dienone is 2. The molecule has 5 unspecified atom stereocenters. The Morgan fingerprint density at radius 3 is 2.21 bits per heavy atom. The van der Waals surface area contributed by atoms with Crippen molar-refractivity contribution in [2.45, 2.75) is 72.1 Å². The molecule has 0 saturated heterocycles. The van der Waals surface area contributed by atoms with Gasteiger partial charge < -0.3 is 24.8 Å². The summed E-state index contributed by atoms with van der Waals surface area (Å²) in [6, 6.07) is 19.4. The monoisotopic (exact) mass is 586 g/mol. The first-order chi connectivity index (χ1) is 15.5. The van der Waals surface area contributed by atoms with Crippen molar-refractivity contribution in [3.63, 3.8) is 0 Å². The third-order valence-electron chi connectivity index (χ3n) is 9.45. The van der Waals surface area contributed by atoms with E-state index in [4.69, 9.17) is 0 Å². The van der Waals surface area contributed by atoms with Gasteiger partial charge in [-0.1, -0.05) is 99.1 Å². The summed E-state index contributed by atoms with van der Waals surface area (Å²) >= 11 is 1.36. The maximum absolute atomic E-state index is 3.06. The van der Waals surface area contributed by atoms with Crippen molar-refractivity contribution in [2.75, 3.05) is 0 Å². The summed E-state index contributed by atoms with van der Waals surface area (Å²) in [4.78, 5) is 0. The van der Waals surface area contributed by atoms with Gasteiger partial charge in [0.15, 0.2) is 0 Å². The molecule has 5 atom stereocenters. The molecule has 34 heavy (non-hydrogen) atoms. The summed E-state index contributed by atoms with van der Waals surface area (Å²) in [6.45, 7) is 13.1. The van der Waals surface area contributed by atoms with E-state index in [-0.39, 0.29) is 24.8 Å². The summed E-state index contributed by atoms with van der Waals surface area (Å²) in [7, 11) is 0. The van der Waals surface area contributed by atoms with Gasteiger partial charge in [-0.3, -0.25) is 0 Å². The Morgan fingerprint density at radius 2 is 1.59 bits per heavy atom. The first-order valence-electron chi connectivity index (χ1n) is 12.6. The summed E-state index contributed by atoms with van der Waals surface area (Å²) in [5.74, 6) is 6.00. The summed E-state index contributed by atoms with van der Waals surface area (Å²) < 4.78 is 0. The topological polar surface area (TPSA) is 0 Å². The van der Waals surface area contributed by atoms with Gasteiger partial charge in [-0.05, 0) is 30.6 Å². The molecule has 0 aliphatic heterocycles. The van der Waals surface area contributed by atoms with E-state index in [1.165, 1.54) is 61.9 Å². The summed E-state index contributed by atoms with van der Waals surface area (Å²) in [5.41, 5.74) is 7.35. The minimum absolute atomic E-state index is 0.